The summed E-state index contributed by atoms with van der Waals surface area (Å²) in [5, 5.41) is 0. The number of halogens is 3. The summed E-state index contributed by atoms with van der Waals surface area (Å²) >= 11 is 0. The Labute approximate surface area is 87.1 Å². The molecule has 0 heterocycles. The molecule has 2 N–H and O–H groups in total. The lowest BCUT2D eigenvalue weighted by Crippen LogP contribution is -2.13. The van der Waals surface area contributed by atoms with E-state index in [2.05, 4.69) is 0 Å². The normalized spacial score (nSPS) is 12.9. The van der Waals surface area contributed by atoms with E-state index in [1.54, 1.807) is 0 Å². The summed E-state index contributed by atoms with van der Waals surface area (Å²) in [5.41, 5.74) is 5.72. The van der Waals surface area contributed by atoms with Crippen molar-refractivity contribution in [1.29, 1.82) is 0 Å². The fourth-order valence-electron chi connectivity index (χ4n) is 1.41. The molecule has 1 aromatic rings. The largest absolute Gasteiger partial charge is 0.324 e. The summed E-state index contributed by atoms with van der Waals surface area (Å²) in [6, 6.07) is 1.54. The Morgan fingerprint density at radius 1 is 1.20 bits per heavy atom. The van der Waals surface area contributed by atoms with Gasteiger partial charge >= 0.3 is 0 Å². The van der Waals surface area contributed by atoms with Crippen LogP contribution < -0.4 is 5.73 Å². The second-order valence-corrected chi connectivity index (χ2v) is 3.51. The maximum atomic E-state index is 13.2. The van der Waals surface area contributed by atoms with Gasteiger partial charge in [-0.15, -0.1) is 0 Å². The van der Waals surface area contributed by atoms with Crippen LogP contribution in [0.3, 0.4) is 0 Å². The first-order valence-electron chi connectivity index (χ1n) is 4.96. The smallest absolute Gasteiger partial charge is 0.194 e. The van der Waals surface area contributed by atoms with Crippen molar-refractivity contribution in [1.82, 2.24) is 0 Å². The predicted octanol–water partition coefficient (Wildman–Crippen LogP) is 3.29. The molecule has 84 valence electrons. The molecule has 1 rings (SSSR count). The molecule has 1 aromatic carbocycles. The van der Waals surface area contributed by atoms with Crippen LogP contribution in [0.4, 0.5) is 13.2 Å². The van der Waals surface area contributed by atoms with Crippen LogP contribution in [-0.4, -0.2) is 0 Å². The van der Waals surface area contributed by atoms with Crippen molar-refractivity contribution in [3.05, 3.63) is 35.1 Å². The van der Waals surface area contributed by atoms with Crippen molar-refractivity contribution >= 4 is 0 Å². The average molecular weight is 217 g/mol. The molecule has 1 atom stereocenters. The summed E-state index contributed by atoms with van der Waals surface area (Å²) in [5.74, 6) is -3.79. The predicted molar refractivity (Wildman–Crippen MR) is 52.8 cm³/mol. The molecule has 0 radical (unpaired) electrons. The van der Waals surface area contributed by atoms with Gasteiger partial charge in [-0.25, -0.2) is 13.2 Å². The Morgan fingerprint density at radius 2 is 1.87 bits per heavy atom. The highest BCUT2D eigenvalue weighted by Crippen LogP contribution is 2.23. The van der Waals surface area contributed by atoms with Crippen LogP contribution in [0, 0.1) is 17.5 Å². The lowest BCUT2D eigenvalue weighted by Gasteiger charge is -2.12. The number of hydrogen-bond donors (Lipinski definition) is 1. The summed E-state index contributed by atoms with van der Waals surface area (Å²) in [7, 11) is 0. The Bertz CT molecular complexity index is 339. The van der Waals surface area contributed by atoms with Gasteiger partial charge < -0.3 is 5.73 Å². The third-order valence-corrected chi connectivity index (χ3v) is 2.33. The van der Waals surface area contributed by atoms with Crippen molar-refractivity contribution in [2.24, 2.45) is 5.73 Å². The Hall–Kier alpha value is -1.03. The van der Waals surface area contributed by atoms with Crippen molar-refractivity contribution < 1.29 is 13.2 Å². The van der Waals surface area contributed by atoms with E-state index in [0.717, 1.165) is 18.9 Å². The number of hydrogen-bond acceptors (Lipinski definition) is 1. The van der Waals surface area contributed by atoms with E-state index >= 15 is 0 Å². The second kappa shape index (κ2) is 5.16. The van der Waals surface area contributed by atoms with E-state index < -0.39 is 23.5 Å². The summed E-state index contributed by atoms with van der Waals surface area (Å²) in [4.78, 5) is 0. The maximum absolute atomic E-state index is 13.2. The molecule has 0 bridgehead atoms. The van der Waals surface area contributed by atoms with Gasteiger partial charge in [0.05, 0.1) is 0 Å². The fraction of sp³-hybridized carbons (Fsp3) is 0.455. The number of rotatable bonds is 4. The van der Waals surface area contributed by atoms with Gasteiger partial charge in [-0.05, 0) is 12.5 Å². The first-order chi connectivity index (χ1) is 7.07. The minimum Gasteiger partial charge on any atom is -0.324 e. The molecule has 0 aliphatic rings. The molecule has 0 amide bonds. The lowest BCUT2D eigenvalue weighted by atomic mass is 10.0. The molecule has 0 aliphatic heterocycles. The van der Waals surface area contributed by atoms with Crippen LogP contribution in [0.15, 0.2) is 12.1 Å². The van der Waals surface area contributed by atoms with E-state index in [1.807, 2.05) is 6.92 Å². The van der Waals surface area contributed by atoms with E-state index in [-0.39, 0.29) is 5.56 Å². The molecule has 0 saturated carbocycles. The van der Waals surface area contributed by atoms with Gasteiger partial charge in [-0.1, -0.05) is 25.8 Å². The fourth-order valence-corrected chi connectivity index (χ4v) is 1.41. The molecule has 4 heteroatoms. The molecule has 0 saturated heterocycles. The number of unbranched alkanes of at least 4 members (excludes halogenated alkanes) is 1. The Kier molecular flexibility index (Phi) is 4.15. The molecule has 0 aliphatic carbocycles. The molecule has 1 nitrogen and oxygen atoms in total. The topological polar surface area (TPSA) is 26.0 Å². The summed E-state index contributed by atoms with van der Waals surface area (Å²) in [6.45, 7) is 1.98. The van der Waals surface area contributed by atoms with E-state index in [0.29, 0.717) is 6.42 Å². The zero-order chi connectivity index (χ0) is 11.4. The van der Waals surface area contributed by atoms with Crippen molar-refractivity contribution in [2.45, 2.75) is 32.2 Å². The van der Waals surface area contributed by atoms with E-state index in [1.165, 1.54) is 6.07 Å². The van der Waals surface area contributed by atoms with Gasteiger partial charge in [0, 0.05) is 11.6 Å². The van der Waals surface area contributed by atoms with Crippen molar-refractivity contribution in [3.8, 4) is 0 Å². The van der Waals surface area contributed by atoms with E-state index in [9.17, 15) is 13.2 Å². The monoisotopic (exact) mass is 217 g/mol. The summed E-state index contributed by atoms with van der Waals surface area (Å²) < 4.78 is 38.7. The lowest BCUT2D eigenvalue weighted by molar-refractivity contribution is 0.432. The van der Waals surface area contributed by atoms with Crippen LogP contribution in [-0.2, 0) is 0 Å². The molecular formula is C11H14F3N. The molecule has 0 fully saturated rings. The Balaban J connectivity index is 2.90. The third-order valence-electron chi connectivity index (χ3n) is 2.33. The molecule has 15 heavy (non-hydrogen) atoms. The molecule has 1 unspecified atom stereocenters. The first kappa shape index (κ1) is 12.0. The van der Waals surface area contributed by atoms with Crippen LogP contribution in [0.1, 0.15) is 37.8 Å². The van der Waals surface area contributed by atoms with Gasteiger partial charge in [0.2, 0.25) is 0 Å². The van der Waals surface area contributed by atoms with Gasteiger partial charge in [0.1, 0.15) is 0 Å². The van der Waals surface area contributed by atoms with Gasteiger partial charge in [0.25, 0.3) is 0 Å². The zero-order valence-electron chi connectivity index (χ0n) is 8.56. The average Bonchev–Trinajstić information content (AvgIpc) is 2.23. The highest BCUT2D eigenvalue weighted by Gasteiger charge is 2.17. The van der Waals surface area contributed by atoms with Gasteiger partial charge in [0.15, 0.2) is 17.5 Å². The molecule has 0 spiro atoms. The minimum atomic E-state index is -1.44. The highest BCUT2D eigenvalue weighted by atomic mass is 19.2. The number of benzene rings is 1. The van der Waals surface area contributed by atoms with Crippen LogP contribution in [0.5, 0.6) is 0 Å². The summed E-state index contributed by atoms with van der Waals surface area (Å²) in [6.07, 6.45) is 2.33. The standard InChI is InChI=1S/C11H14F3N/c1-2-3-4-9(15)7-5-6-8(12)11(14)10(7)13/h5-6,9H,2-4,15H2,1H3. The zero-order valence-corrected chi connectivity index (χ0v) is 8.56. The third kappa shape index (κ3) is 2.72. The van der Waals surface area contributed by atoms with Crippen LogP contribution in [0.2, 0.25) is 0 Å². The van der Waals surface area contributed by atoms with Crippen LogP contribution in [0.25, 0.3) is 0 Å². The highest BCUT2D eigenvalue weighted by molar-refractivity contribution is 5.23. The van der Waals surface area contributed by atoms with Gasteiger partial charge in [-0.3, -0.25) is 0 Å². The van der Waals surface area contributed by atoms with Crippen molar-refractivity contribution in [2.75, 3.05) is 0 Å². The Morgan fingerprint density at radius 3 is 2.47 bits per heavy atom. The van der Waals surface area contributed by atoms with Gasteiger partial charge in [-0.2, -0.15) is 0 Å². The van der Waals surface area contributed by atoms with Crippen LogP contribution >= 0.6 is 0 Å². The minimum absolute atomic E-state index is 0.0438. The molecule has 0 aromatic heterocycles. The maximum Gasteiger partial charge on any atom is 0.194 e. The SMILES string of the molecule is CCCCC(N)c1ccc(F)c(F)c1F. The quantitative estimate of drug-likeness (QED) is 0.769. The molecular weight excluding hydrogens is 203 g/mol. The van der Waals surface area contributed by atoms with Crippen molar-refractivity contribution in [3.63, 3.8) is 0 Å². The first-order valence-corrected chi connectivity index (χ1v) is 4.96. The second-order valence-electron chi connectivity index (χ2n) is 3.51. The van der Waals surface area contributed by atoms with E-state index in [4.69, 9.17) is 5.73 Å². The number of nitrogens with two attached hydrogens (primary N) is 1.